The highest BCUT2D eigenvalue weighted by Crippen LogP contribution is 1.81. The van der Waals surface area contributed by atoms with Crippen molar-refractivity contribution in [1.82, 2.24) is 5.32 Å². The third kappa shape index (κ3) is 3.31. The Balaban J connectivity index is 3.73. The van der Waals surface area contributed by atoms with Crippen molar-refractivity contribution in [3.05, 3.63) is 0 Å². The fourth-order valence-electron chi connectivity index (χ4n) is 0.297. The first-order valence-corrected chi connectivity index (χ1v) is 3.18. The average Bonchev–Trinajstić information content (AvgIpc) is 1.85. The summed E-state index contributed by atoms with van der Waals surface area (Å²) in [4.78, 5) is 20.6. The average molecular weight is 163 g/mol. The summed E-state index contributed by atoms with van der Waals surface area (Å²) in [6.45, 7) is 0. The number of hydrogen-bond acceptors (Lipinski definition) is 4. The number of amides is 3. The molecule has 0 bridgehead atoms. The van der Waals surface area contributed by atoms with Crippen LogP contribution in [0.4, 0.5) is 4.79 Å². The third-order valence-electron chi connectivity index (χ3n) is 0.780. The molecule has 0 rings (SSSR count). The van der Waals surface area contributed by atoms with Crippen LogP contribution in [0.1, 0.15) is 0 Å². The van der Waals surface area contributed by atoms with Gasteiger partial charge in [0.2, 0.25) is 5.91 Å². The minimum absolute atomic E-state index is 0.180. The lowest BCUT2D eigenvalue weighted by Crippen LogP contribution is -2.46. The Hall–Kier alpha value is -0.750. The predicted octanol–water partition coefficient (Wildman–Crippen LogP) is -1.56. The van der Waals surface area contributed by atoms with Crippen LogP contribution in [0.25, 0.3) is 0 Å². The number of carbonyl (C=O) groups is 2. The van der Waals surface area contributed by atoms with Crippen LogP contribution in [-0.4, -0.2) is 23.7 Å². The first-order chi connectivity index (χ1) is 4.57. The van der Waals surface area contributed by atoms with Crippen molar-refractivity contribution >= 4 is 24.6 Å². The Morgan fingerprint density at radius 3 is 2.40 bits per heavy atom. The molecule has 0 aliphatic rings. The van der Waals surface area contributed by atoms with E-state index >= 15 is 0 Å². The van der Waals surface area contributed by atoms with Crippen molar-refractivity contribution in [2.45, 2.75) is 6.04 Å². The van der Waals surface area contributed by atoms with E-state index in [4.69, 9.17) is 5.73 Å². The predicted molar refractivity (Wildman–Crippen MR) is 39.6 cm³/mol. The summed E-state index contributed by atoms with van der Waals surface area (Å²) in [7, 11) is 0. The lowest BCUT2D eigenvalue weighted by atomic mass is 10.3. The van der Waals surface area contributed by atoms with Gasteiger partial charge in [-0.05, 0) is 0 Å². The molecule has 0 aromatic rings. The summed E-state index contributed by atoms with van der Waals surface area (Å²) in [5, 5.41) is 1.82. The smallest absolute Gasteiger partial charge is 0.318 e. The normalized spacial score (nSPS) is 12.2. The van der Waals surface area contributed by atoms with Crippen molar-refractivity contribution in [3.63, 3.8) is 0 Å². The molecule has 0 radical (unpaired) electrons. The topological polar surface area (TPSA) is 98.2 Å². The maximum Gasteiger partial charge on any atom is 0.318 e. The van der Waals surface area contributed by atoms with Gasteiger partial charge < -0.3 is 11.5 Å². The van der Waals surface area contributed by atoms with E-state index in [1.807, 2.05) is 5.32 Å². The number of urea groups is 1. The Labute approximate surface area is 63.5 Å². The Morgan fingerprint density at radius 1 is 1.60 bits per heavy atom. The second-order valence-corrected chi connectivity index (χ2v) is 2.01. The highest BCUT2D eigenvalue weighted by atomic mass is 32.1. The molecule has 0 aliphatic heterocycles. The molecule has 58 valence electrons. The van der Waals surface area contributed by atoms with E-state index in [0.29, 0.717) is 0 Å². The minimum Gasteiger partial charge on any atom is -0.351 e. The summed E-state index contributed by atoms with van der Waals surface area (Å²) in [5.41, 5.74) is 9.80. The van der Waals surface area contributed by atoms with Crippen molar-refractivity contribution < 1.29 is 9.59 Å². The molecular formula is C4H9N3O2S. The Morgan fingerprint density at radius 2 is 2.10 bits per heavy atom. The van der Waals surface area contributed by atoms with Crippen LogP contribution in [0.15, 0.2) is 0 Å². The van der Waals surface area contributed by atoms with Gasteiger partial charge in [-0.2, -0.15) is 12.6 Å². The summed E-state index contributed by atoms with van der Waals surface area (Å²) < 4.78 is 0. The zero-order chi connectivity index (χ0) is 8.15. The molecule has 1 atom stereocenters. The van der Waals surface area contributed by atoms with E-state index in [2.05, 4.69) is 18.4 Å². The molecule has 0 aliphatic carbocycles. The molecule has 5 nitrogen and oxygen atoms in total. The Bertz CT molecular complexity index is 149. The van der Waals surface area contributed by atoms with Crippen molar-refractivity contribution in [2.75, 3.05) is 5.75 Å². The maximum absolute atomic E-state index is 10.6. The van der Waals surface area contributed by atoms with E-state index in [9.17, 15) is 9.59 Å². The second kappa shape index (κ2) is 4.13. The maximum atomic E-state index is 10.6. The van der Waals surface area contributed by atoms with Gasteiger partial charge in [-0.15, -0.1) is 0 Å². The largest absolute Gasteiger partial charge is 0.351 e. The molecular weight excluding hydrogens is 154 g/mol. The number of carbonyl (C=O) groups excluding carboxylic acids is 2. The molecule has 10 heavy (non-hydrogen) atoms. The molecule has 0 saturated carbocycles. The fraction of sp³-hybridized carbons (Fsp3) is 0.500. The molecule has 0 heterocycles. The number of rotatable bonds is 2. The molecule has 0 aromatic heterocycles. The molecule has 0 fully saturated rings. The van der Waals surface area contributed by atoms with Gasteiger partial charge in [0, 0.05) is 5.75 Å². The lowest BCUT2D eigenvalue weighted by Gasteiger charge is -2.05. The lowest BCUT2D eigenvalue weighted by molar-refractivity contribution is -0.120. The van der Waals surface area contributed by atoms with Gasteiger partial charge in [0.1, 0.15) is 0 Å². The van der Waals surface area contributed by atoms with Crippen molar-refractivity contribution in [1.29, 1.82) is 0 Å². The summed E-state index contributed by atoms with van der Waals surface area (Å²) in [6, 6.07) is -1.68. The first-order valence-electron chi connectivity index (χ1n) is 2.54. The summed E-state index contributed by atoms with van der Waals surface area (Å²) in [5.74, 6) is -0.429. The van der Waals surface area contributed by atoms with E-state index in [0.717, 1.165) is 0 Å². The van der Waals surface area contributed by atoms with Crippen LogP contribution in [0.5, 0.6) is 0 Å². The zero-order valence-corrected chi connectivity index (χ0v) is 6.10. The monoisotopic (exact) mass is 163 g/mol. The van der Waals surface area contributed by atoms with Crippen molar-refractivity contribution in [3.8, 4) is 0 Å². The van der Waals surface area contributed by atoms with Crippen molar-refractivity contribution in [2.24, 2.45) is 11.5 Å². The molecule has 5 N–H and O–H groups in total. The van der Waals surface area contributed by atoms with Crippen LogP contribution < -0.4 is 16.8 Å². The van der Waals surface area contributed by atoms with E-state index < -0.39 is 18.0 Å². The molecule has 6 heteroatoms. The van der Waals surface area contributed by atoms with Crippen LogP contribution >= 0.6 is 12.6 Å². The number of thiol groups is 1. The van der Waals surface area contributed by atoms with Gasteiger partial charge in [-0.1, -0.05) is 0 Å². The van der Waals surface area contributed by atoms with E-state index in [1.54, 1.807) is 0 Å². The summed E-state index contributed by atoms with van der Waals surface area (Å²) in [6.07, 6.45) is 0. The Kier molecular flexibility index (Phi) is 3.82. The molecule has 3 amide bonds. The van der Waals surface area contributed by atoms with Gasteiger partial charge in [0.05, 0.1) is 6.04 Å². The van der Waals surface area contributed by atoms with Crippen LogP contribution in [0, 0.1) is 0 Å². The number of imide groups is 1. The molecule has 0 saturated heterocycles. The van der Waals surface area contributed by atoms with Crippen LogP contribution in [0.2, 0.25) is 0 Å². The number of nitrogens with one attached hydrogen (secondary N) is 1. The highest BCUT2D eigenvalue weighted by Gasteiger charge is 2.11. The minimum atomic E-state index is -0.901. The van der Waals surface area contributed by atoms with Gasteiger partial charge in [-0.3, -0.25) is 10.1 Å². The quantitative estimate of drug-likeness (QED) is 0.370. The third-order valence-corrected chi connectivity index (χ3v) is 1.17. The van der Waals surface area contributed by atoms with E-state index in [-0.39, 0.29) is 5.75 Å². The number of nitrogens with two attached hydrogens (primary N) is 2. The van der Waals surface area contributed by atoms with Gasteiger partial charge >= 0.3 is 6.03 Å². The SMILES string of the molecule is NC(=O)NC(=O)[C@@H](N)CS. The molecule has 0 aromatic carbocycles. The van der Waals surface area contributed by atoms with Crippen LogP contribution in [0.3, 0.4) is 0 Å². The summed E-state index contributed by atoms with van der Waals surface area (Å²) >= 11 is 3.74. The van der Waals surface area contributed by atoms with Gasteiger partial charge in [0.15, 0.2) is 0 Å². The molecule has 0 spiro atoms. The van der Waals surface area contributed by atoms with Crippen LogP contribution in [-0.2, 0) is 4.79 Å². The number of primary amides is 1. The van der Waals surface area contributed by atoms with Gasteiger partial charge in [-0.25, -0.2) is 4.79 Å². The number of hydrogen-bond donors (Lipinski definition) is 4. The van der Waals surface area contributed by atoms with E-state index in [1.165, 1.54) is 0 Å². The standard InChI is InChI=1S/C4H9N3O2S/c5-2(1-10)3(8)7-4(6)9/h2,10H,1,5H2,(H3,6,7,8,9)/t2-/m0/s1. The fourth-order valence-corrected chi connectivity index (χ4v) is 0.463. The van der Waals surface area contributed by atoms with Gasteiger partial charge in [0.25, 0.3) is 0 Å². The highest BCUT2D eigenvalue weighted by molar-refractivity contribution is 7.80. The first kappa shape index (κ1) is 9.25. The zero-order valence-electron chi connectivity index (χ0n) is 5.20. The second-order valence-electron chi connectivity index (χ2n) is 1.64. The molecule has 0 unspecified atom stereocenters.